The molecule has 2 aromatic rings. The Balaban J connectivity index is 2.35. The van der Waals surface area contributed by atoms with Crippen molar-refractivity contribution in [3.05, 3.63) is 47.4 Å². The molecular weight excluding hydrogens is 304 g/mol. The van der Waals surface area contributed by atoms with Crippen LogP contribution in [0.3, 0.4) is 0 Å². The van der Waals surface area contributed by atoms with Crippen LogP contribution in [0.2, 0.25) is 0 Å². The molecule has 0 saturated heterocycles. The van der Waals surface area contributed by atoms with Crippen molar-refractivity contribution < 1.29 is 17.6 Å². The Kier molecular flexibility index (Phi) is 4.39. The number of carbonyl (C=O) groups excluding carboxylic acids is 1. The second kappa shape index (κ2) is 5.94. The van der Waals surface area contributed by atoms with E-state index in [1.54, 1.807) is 32.0 Å². The van der Waals surface area contributed by atoms with Crippen LogP contribution in [0, 0.1) is 13.8 Å². The molecule has 0 fully saturated rings. The number of sulfonamides is 1. The summed E-state index contributed by atoms with van der Waals surface area (Å²) in [6.45, 7) is 3.40. The molecule has 0 spiro atoms. The number of carbonyl (C=O) groups is 1. The van der Waals surface area contributed by atoms with Crippen LogP contribution in [0.15, 0.2) is 39.8 Å². The molecule has 0 saturated carbocycles. The summed E-state index contributed by atoms with van der Waals surface area (Å²) in [5.41, 5.74) is 1.44. The van der Waals surface area contributed by atoms with Crippen molar-refractivity contribution in [2.75, 3.05) is 19.4 Å². The maximum Gasteiger partial charge on any atom is 0.259 e. The summed E-state index contributed by atoms with van der Waals surface area (Å²) < 4.78 is 30.8. The molecule has 6 nitrogen and oxygen atoms in total. The number of benzene rings is 1. The zero-order chi connectivity index (χ0) is 16.5. The molecule has 118 valence electrons. The highest BCUT2D eigenvalue weighted by Crippen LogP contribution is 2.23. The lowest BCUT2D eigenvalue weighted by molar-refractivity contribution is 0.102. The van der Waals surface area contributed by atoms with Crippen LogP contribution in [0.5, 0.6) is 0 Å². The summed E-state index contributed by atoms with van der Waals surface area (Å²) in [6, 6.07) is 6.35. The van der Waals surface area contributed by atoms with Gasteiger partial charge in [0, 0.05) is 19.8 Å². The van der Waals surface area contributed by atoms with Gasteiger partial charge in [-0.15, -0.1) is 0 Å². The van der Waals surface area contributed by atoms with Gasteiger partial charge in [0.05, 0.1) is 16.7 Å². The Morgan fingerprint density at radius 1 is 1.18 bits per heavy atom. The minimum absolute atomic E-state index is 0.166. The maximum absolute atomic E-state index is 12.3. The van der Waals surface area contributed by atoms with Crippen LogP contribution in [-0.4, -0.2) is 32.7 Å². The van der Waals surface area contributed by atoms with Gasteiger partial charge in [0.25, 0.3) is 5.91 Å². The summed E-state index contributed by atoms with van der Waals surface area (Å²) in [4.78, 5) is 12.3. The van der Waals surface area contributed by atoms with Gasteiger partial charge in [-0.05, 0) is 37.6 Å². The third kappa shape index (κ3) is 3.05. The van der Waals surface area contributed by atoms with Crippen molar-refractivity contribution in [1.82, 2.24) is 4.31 Å². The van der Waals surface area contributed by atoms with Crippen molar-refractivity contribution in [2.24, 2.45) is 0 Å². The van der Waals surface area contributed by atoms with Crippen molar-refractivity contribution >= 4 is 21.6 Å². The average Bonchev–Trinajstić information content (AvgIpc) is 2.86. The van der Waals surface area contributed by atoms with E-state index in [2.05, 4.69) is 5.32 Å². The Morgan fingerprint density at radius 3 is 2.41 bits per heavy atom. The number of nitrogens with one attached hydrogen (secondary N) is 1. The SMILES string of the molecule is Cc1ccc(NC(=O)c2ccoc2C)cc1S(=O)(=O)N(C)C. The Morgan fingerprint density at radius 2 is 1.86 bits per heavy atom. The topological polar surface area (TPSA) is 79.6 Å². The molecule has 1 aromatic carbocycles. The number of aryl methyl sites for hydroxylation is 2. The highest BCUT2D eigenvalue weighted by Gasteiger charge is 2.21. The molecule has 1 aromatic heterocycles. The summed E-state index contributed by atoms with van der Waals surface area (Å²) in [5, 5.41) is 2.68. The van der Waals surface area contributed by atoms with Gasteiger partial charge < -0.3 is 9.73 Å². The van der Waals surface area contributed by atoms with Gasteiger partial charge in [-0.25, -0.2) is 12.7 Å². The van der Waals surface area contributed by atoms with Gasteiger partial charge in [-0.1, -0.05) is 6.07 Å². The van der Waals surface area contributed by atoms with Crippen molar-refractivity contribution in [3.8, 4) is 0 Å². The molecule has 22 heavy (non-hydrogen) atoms. The van der Waals surface area contributed by atoms with Gasteiger partial charge in [0.15, 0.2) is 0 Å². The Hall–Kier alpha value is -2.12. The quantitative estimate of drug-likeness (QED) is 0.937. The minimum Gasteiger partial charge on any atom is -0.469 e. The summed E-state index contributed by atoms with van der Waals surface area (Å²) in [6.07, 6.45) is 1.43. The lowest BCUT2D eigenvalue weighted by atomic mass is 10.2. The second-order valence-electron chi connectivity index (χ2n) is 5.11. The van der Waals surface area contributed by atoms with Crippen molar-refractivity contribution in [2.45, 2.75) is 18.7 Å². The molecule has 0 aliphatic carbocycles. The fourth-order valence-corrected chi connectivity index (χ4v) is 3.12. The standard InChI is InChI=1S/C15H18N2O4S/c1-10-5-6-12(9-14(10)22(19,20)17(3)4)16-15(18)13-7-8-21-11(13)2/h5-9H,1-4H3,(H,16,18). The summed E-state index contributed by atoms with van der Waals surface area (Å²) >= 11 is 0. The highest BCUT2D eigenvalue weighted by molar-refractivity contribution is 7.89. The molecular formula is C15H18N2O4S. The summed E-state index contributed by atoms with van der Waals surface area (Å²) in [5.74, 6) is 0.161. The normalized spacial score (nSPS) is 11.7. The third-order valence-electron chi connectivity index (χ3n) is 3.31. The number of nitrogens with zero attached hydrogens (tertiary/aromatic N) is 1. The van der Waals surface area contributed by atoms with Crippen LogP contribution in [0.4, 0.5) is 5.69 Å². The van der Waals surface area contributed by atoms with E-state index in [-0.39, 0.29) is 10.8 Å². The predicted molar refractivity (Wildman–Crippen MR) is 83.5 cm³/mol. The number of anilines is 1. The molecule has 0 bridgehead atoms. The summed E-state index contributed by atoms with van der Waals surface area (Å²) in [7, 11) is -0.630. The van der Waals surface area contributed by atoms with Gasteiger partial charge in [0.1, 0.15) is 5.76 Å². The zero-order valence-corrected chi connectivity index (χ0v) is 13.7. The molecule has 7 heteroatoms. The van der Waals surface area contributed by atoms with E-state index in [0.29, 0.717) is 22.6 Å². The van der Waals surface area contributed by atoms with Gasteiger partial charge in [0.2, 0.25) is 10.0 Å². The Bertz CT molecular complexity index is 807. The second-order valence-corrected chi connectivity index (χ2v) is 7.23. The van der Waals surface area contributed by atoms with Crippen LogP contribution in [-0.2, 0) is 10.0 Å². The van der Waals surface area contributed by atoms with Crippen LogP contribution in [0.25, 0.3) is 0 Å². The van der Waals surface area contributed by atoms with E-state index in [1.165, 1.54) is 26.4 Å². The molecule has 0 atom stereocenters. The molecule has 0 unspecified atom stereocenters. The lowest BCUT2D eigenvalue weighted by Crippen LogP contribution is -2.23. The number of hydrogen-bond acceptors (Lipinski definition) is 4. The van der Waals surface area contributed by atoms with Crippen LogP contribution >= 0.6 is 0 Å². The largest absolute Gasteiger partial charge is 0.469 e. The number of hydrogen-bond donors (Lipinski definition) is 1. The highest BCUT2D eigenvalue weighted by atomic mass is 32.2. The molecule has 2 rings (SSSR count). The number of rotatable bonds is 4. The zero-order valence-electron chi connectivity index (χ0n) is 12.9. The van der Waals surface area contributed by atoms with E-state index in [1.807, 2.05) is 0 Å². The Labute approximate surface area is 129 Å². The first-order valence-corrected chi connectivity index (χ1v) is 8.06. The average molecular weight is 322 g/mol. The first-order chi connectivity index (χ1) is 10.2. The van der Waals surface area contributed by atoms with Gasteiger partial charge in [-0.2, -0.15) is 0 Å². The molecule has 0 aliphatic heterocycles. The molecule has 0 radical (unpaired) electrons. The first kappa shape index (κ1) is 16.3. The van der Waals surface area contributed by atoms with Crippen LogP contribution in [0.1, 0.15) is 21.7 Å². The number of furan rings is 1. The number of amides is 1. The van der Waals surface area contributed by atoms with Gasteiger partial charge in [-0.3, -0.25) is 4.79 Å². The molecule has 1 N–H and O–H groups in total. The van der Waals surface area contributed by atoms with E-state index in [0.717, 1.165) is 4.31 Å². The molecule has 1 amide bonds. The van der Waals surface area contributed by atoms with E-state index in [9.17, 15) is 13.2 Å². The van der Waals surface area contributed by atoms with Crippen LogP contribution < -0.4 is 5.32 Å². The predicted octanol–water partition coefficient (Wildman–Crippen LogP) is 2.40. The van der Waals surface area contributed by atoms with Crippen molar-refractivity contribution in [1.29, 1.82) is 0 Å². The molecule has 0 aliphatic rings. The lowest BCUT2D eigenvalue weighted by Gasteiger charge is -2.15. The van der Waals surface area contributed by atoms with E-state index < -0.39 is 10.0 Å². The van der Waals surface area contributed by atoms with Gasteiger partial charge >= 0.3 is 0 Å². The maximum atomic E-state index is 12.3. The fraction of sp³-hybridized carbons (Fsp3) is 0.267. The minimum atomic E-state index is -3.56. The van der Waals surface area contributed by atoms with E-state index in [4.69, 9.17) is 4.42 Å². The smallest absolute Gasteiger partial charge is 0.259 e. The van der Waals surface area contributed by atoms with Crippen molar-refractivity contribution in [3.63, 3.8) is 0 Å². The molecule has 1 heterocycles. The fourth-order valence-electron chi connectivity index (χ4n) is 1.97. The van der Waals surface area contributed by atoms with E-state index >= 15 is 0 Å². The first-order valence-electron chi connectivity index (χ1n) is 6.62. The monoisotopic (exact) mass is 322 g/mol. The third-order valence-corrected chi connectivity index (χ3v) is 5.27.